The molecule has 0 spiro atoms. The Morgan fingerprint density at radius 1 is 1.03 bits per heavy atom. The lowest BCUT2D eigenvalue weighted by atomic mass is 9.99. The highest BCUT2D eigenvalue weighted by Crippen LogP contribution is 2.29. The van der Waals surface area contributed by atoms with E-state index in [0.717, 1.165) is 46.0 Å². The molecule has 0 saturated carbocycles. The lowest BCUT2D eigenvalue weighted by Gasteiger charge is -2.11. The number of carbonyl (C=O) groups is 1. The molecule has 0 unspecified atom stereocenters. The highest BCUT2D eigenvalue weighted by molar-refractivity contribution is 6.08. The van der Waals surface area contributed by atoms with Gasteiger partial charge in [-0.25, -0.2) is 4.98 Å². The maximum atomic E-state index is 10.9. The van der Waals surface area contributed by atoms with E-state index in [-0.39, 0.29) is 6.42 Å². The van der Waals surface area contributed by atoms with Crippen molar-refractivity contribution in [2.75, 3.05) is 12.8 Å². The number of aliphatic carboxylic acids is 1. The van der Waals surface area contributed by atoms with E-state index in [1.165, 1.54) is 11.1 Å². The van der Waals surface area contributed by atoms with Gasteiger partial charge in [-0.1, -0.05) is 18.2 Å². The second-order valence-electron chi connectivity index (χ2n) is 7.77. The number of rotatable bonds is 7. The van der Waals surface area contributed by atoms with Crippen molar-refractivity contribution in [3.8, 4) is 5.75 Å². The van der Waals surface area contributed by atoms with Gasteiger partial charge in [-0.3, -0.25) is 9.78 Å². The summed E-state index contributed by atoms with van der Waals surface area (Å²) in [7, 11) is 1.68. The van der Waals surface area contributed by atoms with Crippen molar-refractivity contribution in [3.05, 3.63) is 70.9 Å². The molecule has 6 nitrogen and oxygen atoms in total. The van der Waals surface area contributed by atoms with Gasteiger partial charge in [-0.05, 0) is 72.7 Å². The van der Waals surface area contributed by atoms with Crippen molar-refractivity contribution in [1.29, 1.82) is 0 Å². The second kappa shape index (κ2) is 8.60. The zero-order chi connectivity index (χ0) is 22.0. The first kappa shape index (κ1) is 20.6. The minimum absolute atomic E-state index is 0.0883. The number of methoxy groups -OCH3 is 1. The van der Waals surface area contributed by atoms with Crippen LogP contribution in [0.25, 0.3) is 21.8 Å². The molecule has 2 aromatic carbocycles. The van der Waals surface area contributed by atoms with Gasteiger partial charge in [0.05, 0.1) is 12.6 Å². The Morgan fingerprint density at radius 3 is 2.61 bits per heavy atom. The van der Waals surface area contributed by atoms with Crippen molar-refractivity contribution in [1.82, 2.24) is 9.97 Å². The molecule has 31 heavy (non-hydrogen) atoms. The van der Waals surface area contributed by atoms with Gasteiger partial charge in [0.15, 0.2) is 5.82 Å². The number of ether oxygens (including phenoxy) is 1. The number of carboxylic acid groups (broad SMARTS) is 1. The summed E-state index contributed by atoms with van der Waals surface area (Å²) in [5.41, 5.74) is 12.2. The molecule has 0 bridgehead atoms. The van der Waals surface area contributed by atoms with Crippen LogP contribution in [0.5, 0.6) is 5.75 Å². The van der Waals surface area contributed by atoms with E-state index < -0.39 is 5.97 Å². The molecule has 158 valence electrons. The van der Waals surface area contributed by atoms with Crippen LogP contribution in [0.4, 0.5) is 5.82 Å². The number of anilines is 1. The monoisotopic (exact) mass is 415 g/mol. The maximum absolute atomic E-state index is 10.9. The number of aryl methyl sites for hydroxylation is 4. The van der Waals surface area contributed by atoms with Crippen LogP contribution in [-0.2, 0) is 24.1 Å². The topological polar surface area (TPSA) is 98.3 Å². The molecule has 6 heteroatoms. The summed E-state index contributed by atoms with van der Waals surface area (Å²) in [5.74, 6) is 0.438. The van der Waals surface area contributed by atoms with Gasteiger partial charge < -0.3 is 15.6 Å². The molecular formula is C25H25N3O3. The minimum Gasteiger partial charge on any atom is -0.497 e. The van der Waals surface area contributed by atoms with E-state index in [4.69, 9.17) is 15.6 Å². The molecule has 4 rings (SSSR count). The van der Waals surface area contributed by atoms with Gasteiger partial charge in [-0.2, -0.15) is 0 Å². The third-order valence-electron chi connectivity index (χ3n) is 5.64. The fourth-order valence-electron chi connectivity index (χ4n) is 3.90. The summed E-state index contributed by atoms with van der Waals surface area (Å²) in [6, 6.07) is 14.1. The zero-order valence-corrected chi connectivity index (χ0v) is 17.7. The molecule has 0 atom stereocenters. The predicted molar refractivity (Wildman–Crippen MR) is 123 cm³/mol. The van der Waals surface area contributed by atoms with Crippen molar-refractivity contribution < 1.29 is 14.6 Å². The van der Waals surface area contributed by atoms with Crippen LogP contribution in [0.1, 0.15) is 28.7 Å². The Kier molecular flexibility index (Phi) is 5.71. The molecule has 0 aliphatic rings. The number of pyridine rings is 2. The fourth-order valence-corrected chi connectivity index (χ4v) is 3.90. The van der Waals surface area contributed by atoms with Gasteiger partial charge in [0.2, 0.25) is 0 Å². The smallest absolute Gasteiger partial charge is 0.303 e. The van der Waals surface area contributed by atoms with Crippen LogP contribution >= 0.6 is 0 Å². The van der Waals surface area contributed by atoms with Crippen molar-refractivity contribution in [3.63, 3.8) is 0 Å². The van der Waals surface area contributed by atoms with Crippen LogP contribution < -0.4 is 10.5 Å². The van der Waals surface area contributed by atoms with Crippen LogP contribution in [0, 0.1) is 6.92 Å². The van der Waals surface area contributed by atoms with Crippen molar-refractivity contribution in [2.24, 2.45) is 0 Å². The average molecular weight is 415 g/mol. The third kappa shape index (κ3) is 4.43. The normalized spacial score (nSPS) is 11.2. The van der Waals surface area contributed by atoms with E-state index in [0.29, 0.717) is 17.8 Å². The molecule has 0 aliphatic heterocycles. The second-order valence-corrected chi connectivity index (χ2v) is 7.77. The third-order valence-corrected chi connectivity index (χ3v) is 5.64. The Morgan fingerprint density at radius 2 is 1.87 bits per heavy atom. The summed E-state index contributed by atoms with van der Waals surface area (Å²) in [4.78, 5) is 20.0. The van der Waals surface area contributed by atoms with E-state index >= 15 is 0 Å². The maximum Gasteiger partial charge on any atom is 0.303 e. The number of fused-ring (bicyclic) bond motifs is 3. The lowest BCUT2D eigenvalue weighted by molar-refractivity contribution is -0.136. The summed E-state index contributed by atoms with van der Waals surface area (Å²) in [6.07, 6.45) is 4.18. The Hall–Kier alpha value is -3.67. The average Bonchev–Trinajstić information content (AvgIpc) is 2.76. The van der Waals surface area contributed by atoms with Gasteiger partial charge in [0.1, 0.15) is 11.3 Å². The number of nitrogen functional groups attached to an aromatic ring is 1. The number of nitrogens with two attached hydrogens (primary N) is 1. The Balaban J connectivity index is 1.65. The molecule has 0 aliphatic carbocycles. The van der Waals surface area contributed by atoms with E-state index in [1.807, 2.05) is 30.5 Å². The number of aromatic nitrogens is 2. The molecule has 0 saturated heterocycles. The SMILES string of the molecule is COc1ccc(CCc2cnc3c(N)nc4cc(CCC(=O)O)ccc4c3c2)c(C)c1. The minimum atomic E-state index is -0.813. The number of benzene rings is 2. The van der Waals surface area contributed by atoms with Gasteiger partial charge in [-0.15, -0.1) is 0 Å². The summed E-state index contributed by atoms with van der Waals surface area (Å²) >= 11 is 0. The quantitative estimate of drug-likeness (QED) is 0.432. The van der Waals surface area contributed by atoms with Crippen LogP contribution in [-0.4, -0.2) is 28.2 Å². The first-order chi connectivity index (χ1) is 14.9. The number of carboxylic acids is 1. The van der Waals surface area contributed by atoms with Gasteiger partial charge in [0, 0.05) is 23.4 Å². The fraction of sp³-hybridized carbons (Fsp3) is 0.240. The first-order valence-corrected chi connectivity index (χ1v) is 10.3. The largest absolute Gasteiger partial charge is 0.497 e. The zero-order valence-electron chi connectivity index (χ0n) is 17.7. The molecule has 0 amide bonds. The summed E-state index contributed by atoms with van der Waals surface area (Å²) < 4.78 is 5.29. The van der Waals surface area contributed by atoms with E-state index in [9.17, 15) is 4.79 Å². The highest BCUT2D eigenvalue weighted by Gasteiger charge is 2.11. The molecule has 2 heterocycles. The molecule has 2 aromatic heterocycles. The van der Waals surface area contributed by atoms with Gasteiger partial charge >= 0.3 is 5.97 Å². The molecule has 0 radical (unpaired) electrons. The standard InChI is InChI=1S/C25H25N3O3/c1-15-11-19(31-2)8-7-18(15)6-3-17-12-21-20-9-4-16(5-10-23(29)30)13-22(20)28-25(26)24(21)27-14-17/h4,7-9,11-14H,3,5-6,10H2,1-2H3,(H2,26,28)(H,29,30). The van der Waals surface area contributed by atoms with E-state index in [1.54, 1.807) is 7.11 Å². The van der Waals surface area contributed by atoms with Crippen LogP contribution in [0.2, 0.25) is 0 Å². The number of nitrogens with zero attached hydrogens (tertiary/aromatic N) is 2. The number of hydrogen-bond acceptors (Lipinski definition) is 5. The molecule has 0 fully saturated rings. The molecule has 4 aromatic rings. The van der Waals surface area contributed by atoms with Crippen LogP contribution in [0.15, 0.2) is 48.7 Å². The van der Waals surface area contributed by atoms with Gasteiger partial charge in [0.25, 0.3) is 0 Å². The lowest BCUT2D eigenvalue weighted by Crippen LogP contribution is -2.00. The summed E-state index contributed by atoms with van der Waals surface area (Å²) in [6.45, 7) is 2.10. The predicted octanol–water partition coefficient (Wildman–Crippen LogP) is 4.48. The molecular weight excluding hydrogens is 390 g/mol. The van der Waals surface area contributed by atoms with E-state index in [2.05, 4.69) is 35.1 Å². The Bertz CT molecular complexity index is 1280. The Labute approximate surface area is 180 Å². The van der Waals surface area contributed by atoms with Crippen molar-refractivity contribution in [2.45, 2.75) is 32.6 Å². The molecule has 3 N–H and O–H groups in total. The highest BCUT2D eigenvalue weighted by atomic mass is 16.5. The van der Waals surface area contributed by atoms with Crippen LogP contribution in [0.3, 0.4) is 0 Å². The van der Waals surface area contributed by atoms with Crippen molar-refractivity contribution >= 4 is 33.6 Å². The number of hydrogen-bond donors (Lipinski definition) is 2. The summed E-state index contributed by atoms with van der Waals surface area (Å²) in [5, 5.41) is 10.9. The first-order valence-electron chi connectivity index (χ1n) is 10.3.